The molecule has 1 N–H and O–H groups in total. The van der Waals surface area contributed by atoms with E-state index in [9.17, 15) is 4.79 Å². The minimum absolute atomic E-state index is 0.0911. The lowest BCUT2D eigenvalue weighted by Crippen LogP contribution is -2.18. The van der Waals surface area contributed by atoms with Gasteiger partial charge in [0, 0.05) is 12.6 Å². The maximum absolute atomic E-state index is 11.8. The number of rotatable bonds is 5. The number of hydrogen-bond acceptors (Lipinski definition) is 5. The molecule has 0 bridgehead atoms. The molecule has 0 aliphatic rings. The van der Waals surface area contributed by atoms with Crippen LogP contribution in [0, 0.1) is 0 Å². The van der Waals surface area contributed by atoms with E-state index >= 15 is 0 Å². The average molecular weight is 309 g/mol. The van der Waals surface area contributed by atoms with Gasteiger partial charge in [-0.25, -0.2) is 0 Å². The minimum atomic E-state index is -0.212. The standard InChI is InChI=1S/C17H15N3O3/c1-18-17(21)13-9-5-6-10-14(13)22-11-15-19-16(20-23-15)12-7-3-2-4-8-12/h2-10H,11H2,1H3,(H,18,21). The van der Waals surface area contributed by atoms with Crippen LogP contribution in [0.1, 0.15) is 16.2 Å². The van der Waals surface area contributed by atoms with Crippen molar-refractivity contribution in [3.8, 4) is 17.1 Å². The van der Waals surface area contributed by atoms with E-state index in [0.717, 1.165) is 5.56 Å². The molecule has 0 fully saturated rings. The van der Waals surface area contributed by atoms with Crippen molar-refractivity contribution in [2.75, 3.05) is 7.05 Å². The summed E-state index contributed by atoms with van der Waals surface area (Å²) >= 11 is 0. The average Bonchev–Trinajstić information content (AvgIpc) is 3.09. The quantitative estimate of drug-likeness (QED) is 0.784. The summed E-state index contributed by atoms with van der Waals surface area (Å²) in [6, 6.07) is 16.5. The summed E-state index contributed by atoms with van der Waals surface area (Å²) in [5.74, 6) is 1.10. The molecular weight excluding hydrogens is 294 g/mol. The van der Waals surface area contributed by atoms with Gasteiger partial charge in [0.2, 0.25) is 5.82 Å². The number of aromatic nitrogens is 2. The fourth-order valence-electron chi connectivity index (χ4n) is 2.07. The predicted molar refractivity (Wildman–Crippen MR) is 83.9 cm³/mol. The molecule has 1 heterocycles. The molecule has 23 heavy (non-hydrogen) atoms. The van der Waals surface area contributed by atoms with Crippen LogP contribution in [0.25, 0.3) is 11.4 Å². The number of para-hydroxylation sites is 1. The lowest BCUT2D eigenvalue weighted by atomic mass is 10.2. The first kappa shape index (κ1) is 14.8. The van der Waals surface area contributed by atoms with Gasteiger partial charge in [-0.05, 0) is 12.1 Å². The Balaban J connectivity index is 1.73. The molecule has 2 aromatic carbocycles. The van der Waals surface area contributed by atoms with Gasteiger partial charge >= 0.3 is 0 Å². The fraction of sp³-hybridized carbons (Fsp3) is 0.118. The first-order chi connectivity index (χ1) is 11.3. The van der Waals surface area contributed by atoms with Crippen LogP contribution in [0.4, 0.5) is 0 Å². The monoisotopic (exact) mass is 309 g/mol. The van der Waals surface area contributed by atoms with E-state index in [1.807, 2.05) is 30.3 Å². The van der Waals surface area contributed by atoms with E-state index in [0.29, 0.717) is 23.0 Å². The number of nitrogens with zero attached hydrogens (tertiary/aromatic N) is 2. The summed E-state index contributed by atoms with van der Waals surface area (Å²) in [5.41, 5.74) is 1.33. The van der Waals surface area contributed by atoms with Crippen molar-refractivity contribution in [3.05, 3.63) is 66.1 Å². The molecule has 0 radical (unpaired) electrons. The SMILES string of the molecule is CNC(=O)c1ccccc1OCc1nc(-c2ccccc2)no1. The highest BCUT2D eigenvalue weighted by molar-refractivity contribution is 5.96. The van der Waals surface area contributed by atoms with Gasteiger partial charge in [0.1, 0.15) is 5.75 Å². The molecule has 1 aromatic heterocycles. The highest BCUT2D eigenvalue weighted by Crippen LogP contribution is 2.20. The summed E-state index contributed by atoms with van der Waals surface area (Å²) in [5, 5.41) is 6.50. The second-order valence-electron chi connectivity index (χ2n) is 4.74. The van der Waals surface area contributed by atoms with Crippen LogP contribution in [-0.4, -0.2) is 23.1 Å². The molecule has 6 nitrogen and oxygen atoms in total. The first-order valence-electron chi connectivity index (χ1n) is 7.10. The molecule has 3 rings (SSSR count). The minimum Gasteiger partial charge on any atom is -0.483 e. The Bertz CT molecular complexity index is 800. The molecule has 0 unspecified atom stereocenters. The van der Waals surface area contributed by atoms with Crippen molar-refractivity contribution < 1.29 is 14.1 Å². The van der Waals surface area contributed by atoms with E-state index < -0.39 is 0 Å². The number of nitrogens with one attached hydrogen (secondary N) is 1. The van der Waals surface area contributed by atoms with Gasteiger partial charge in [0.25, 0.3) is 11.8 Å². The van der Waals surface area contributed by atoms with Gasteiger partial charge in [0.15, 0.2) is 6.61 Å². The largest absolute Gasteiger partial charge is 0.483 e. The highest BCUT2D eigenvalue weighted by Gasteiger charge is 2.13. The third kappa shape index (κ3) is 3.37. The van der Waals surface area contributed by atoms with Crippen molar-refractivity contribution in [2.45, 2.75) is 6.61 Å². The molecule has 0 atom stereocenters. The van der Waals surface area contributed by atoms with Gasteiger partial charge in [0.05, 0.1) is 5.56 Å². The maximum atomic E-state index is 11.8. The second-order valence-corrected chi connectivity index (χ2v) is 4.74. The summed E-state index contributed by atoms with van der Waals surface area (Å²) in [6.07, 6.45) is 0. The van der Waals surface area contributed by atoms with Gasteiger partial charge in [-0.1, -0.05) is 47.6 Å². The van der Waals surface area contributed by atoms with Crippen LogP contribution in [0.3, 0.4) is 0 Å². The van der Waals surface area contributed by atoms with E-state index in [1.54, 1.807) is 31.3 Å². The van der Waals surface area contributed by atoms with Crippen molar-refractivity contribution in [1.82, 2.24) is 15.5 Å². The second kappa shape index (κ2) is 6.74. The Kier molecular flexibility index (Phi) is 4.33. The van der Waals surface area contributed by atoms with Crippen molar-refractivity contribution in [3.63, 3.8) is 0 Å². The molecule has 116 valence electrons. The predicted octanol–water partition coefficient (Wildman–Crippen LogP) is 2.68. The number of amides is 1. The Morgan fingerprint density at radius 3 is 2.65 bits per heavy atom. The van der Waals surface area contributed by atoms with E-state index in [2.05, 4.69) is 15.5 Å². The molecular formula is C17H15N3O3. The third-order valence-electron chi connectivity index (χ3n) is 3.21. The topological polar surface area (TPSA) is 77.2 Å². The van der Waals surface area contributed by atoms with Crippen LogP contribution in [0.2, 0.25) is 0 Å². The Labute approximate surface area is 133 Å². The summed E-state index contributed by atoms with van der Waals surface area (Å²) in [7, 11) is 1.57. The van der Waals surface area contributed by atoms with Crippen LogP contribution in [0.15, 0.2) is 59.1 Å². The number of hydrogen-bond donors (Lipinski definition) is 1. The van der Waals surface area contributed by atoms with Gasteiger partial charge in [-0.15, -0.1) is 0 Å². The van der Waals surface area contributed by atoms with Gasteiger partial charge < -0.3 is 14.6 Å². The Morgan fingerprint density at radius 1 is 1.13 bits per heavy atom. The van der Waals surface area contributed by atoms with E-state index in [-0.39, 0.29) is 12.5 Å². The van der Waals surface area contributed by atoms with E-state index in [4.69, 9.17) is 9.26 Å². The zero-order chi connectivity index (χ0) is 16.1. The molecule has 1 amide bonds. The van der Waals surface area contributed by atoms with Crippen LogP contribution >= 0.6 is 0 Å². The van der Waals surface area contributed by atoms with Gasteiger partial charge in [-0.3, -0.25) is 4.79 Å². The van der Waals surface area contributed by atoms with Crippen LogP contribution < -0.4 is 10.1 Å². The molecule has 0 saturated heterocycles. The van der Waals surface area contributed by atoms with Crippen LogP contribution in [0.5, 0.6) is 5.75 Å². The zero-order valence-electron chi connectivity index (χ0n) is 12.5. The zero-order valence-corrected chi connectivity index (χ0v) is 12.5. The molecule has 0 aliphatic carbocycles. The number of ether oxygens (including phenoxy) is 1. The van der Waals surface area contributed by atoms with Crippen molar-refractivity contribution >= 4 is 5.91 Å². The smallest absolute Gasteiger partial charge is 0.264 e. The number of carbonyl (C=O) groups is 1. The Hall–Kier alpha value is -3.15. The summed E-state index contributed by atoms with van der Waals surface area (Å²) < 4.78 is 10.8. The highest BCUT2D eigenvalue weighted by atomic mass is 16.5. The molecule has 0 spiro atoms. The normalized spacial score (nSPS) is 10.3. The molecule has 0 aliphatic heterocycles. The molecule has 6 heteroatoms. The van der Waals surface area contributed by atoms with Gasteiger partial charge in [-0.2, -0.15) is 4.98 Å². The molecule has 0 saturated carbocycles. The Morgan fingerprint density at radius 2 is 1.87 bits per heavy atom. The summed E-state index contributed by atoms with van der Waals surface area (Å²) in [4.78, 5) is 16.1. The number of carbonyl (C=O) groups excluding carboxylic acids is 1. The lowest BCUT2D eigenvalue weighted by molar-refractivity contribution is 0.0957. The van der Waals surface area contributed by atoms with Crippen molar-refractivity contribution in [1.29, 1.82) is 0 Å². The van der Waals surface area contributed by atoms with Crippen molar-refractivity contribution in [2.24, 2.45) is 0 Å². The molecule has 3 aromatic rings. The number of benzene rings is 2. The first-order valence-corrected chi connectivity index (χ1v) is 7.10. The fourth-order valence-corrected chi connectivity index (χ4v) is 2.07. The van der Waals surface area contributed by atoms with E-state index in [1.165, 1.54) is 0 Å². The third-order valence-corrected chi connectivity index (χ3v) is 3.21. The maximum Gasteiger partial charge on any atom is 0.264 e. The lowest BCUT2D eigenvalue weighted by Gasteiger charge is -2.08. The summed E-state index contributed by atoms with van der Waals surface area (Å²) in [6.45, 7) is 0.0911. The van der Waals surface area contributed by atoms with Crippen LogP contribution in [-0.2, 0) is 6.61 Å².